The molecule has 0 amide bonds. The Bertz CT molecular complexity index is 374. The third-order valence-electron chi connectivity index (χ3n) is 3.81. The molecule has 3 heteroatoms. The molecule has 2 rings (SSSR count). The van der Waals surface area contributed by atoms with Gasteiger partial charge < -0.3 is 14.8 Å². The molecule has 0 spiro atoms. The van der Waals surface area contributed by atoms with Gasteiger partial charge in [0, 0.05) is 13.2 Å². The van der Waals surface area contributed by atoms with Gasteiger partial charge in [0.2, 0.25) is 0 Å². The van der Waals surface area contributed by atoms with E-state index in [4.69, 9.17) is 9.47 Å². The van der Waals surface area contributed by atoms with Crippen molar-refractivity contribution in [3.8, 4) is 0 Å². The van der Waals surface area contributed by atoms with Gasteiger partial charge in [0.05, 0.1) is 18.8 Å². The Morgan fingerprint density at radius 3 is 2.67 bits per heavy atom. The maximum atomic E-state index is 6.16. The molecule has 1 aromatic rings. The van der Waals surface area contributed by atoms with Crippen molar-refractivity contribution in [3.05, 3.63) is 35.9 Å². The van der Waals surface area contributed by atoms with Crippen LogP contribution in [0.3, 0.4) is 0 Å². The van der Waals surface area contributed by atoms with Crippen molar-refractivity contribution in [2.75, 3.05) is 26.3 Å². The van der Waals surface area contributed by atoms with Gasteiger partial charge in [0.1, 0.15) is 0 Å². The Morgan fingerprint density at radius 2 is 2.00 bits per heavy atom. The SMILES string of the molecule is CC(C)CNCC(OCC1CCCCO1)c1ccccc1. The molecular weight excluding hydrogens is 262 g/mol. The summed E-state index contributed by atoms with van der Waals surface area (Å²) in [5.74, 6) is 0.656. The third kappa shape index (κ3) is 6.16. The molecule has 0 bridgehead atoms. The van der Waals surface area contributed by atoms with Crippen molar-refractivity contribution in [1.29, 1.82) is 0 Å². The summed E-state index contributed by atoms with van der Waals surface area (Å²) in [7, 11) is 0. The second-order valence-corrected chi connectivity index (χ2v) is 6.27. The van der Waals surface area contributed by atoms with E-state index in [2.05, 4.69) is 43.4 Å². The van der Waals surface area contributed by atoms with Gasteiger partial charge in [-0.05, 0) is 37.3 Å². The molecule has 21 heavy (non-hydrogen) atoms. The van der Waals surface area contributed by atoms with Crippen LogP contribution in [0.5, 0.6) is 0 Å². The van der Waals surface area contributed by atoms with E-state index < -0.39 is 0 Å². The number of hydrogen-bond donors (Lipinski definition) is 1. The summed E-state index contributed by atoms with van der Waals surface area (Å²) >= 11 is 0. The van der Waals surface area contributed by atoms with Crippen molar-refractivity contribution in [2.24, 2.45) is 5.92 Å². The minimum Gasteiger partial charge on any atom is -0.376 e. The van der Waals surface area contributed by atoms with Gasteiger partial charge in [-0.1, -0.05) is 44.2 Å². The highest BCUT2D eigenvalue weighted by atomic mass is 16.5. The number of hydrogen-bond acceptors (Lipinski definition) is 3. The summed E-state index contributed by atoms with van der Waals surface area (Å²) in [6.07, 6.45) is 3.95. The van der Waals surface area contributed by atoms with Gasteiger partial charge >= 0.3 is 0 Å². The van der Waals surface area contributed by atoms with Crippen molar-refractivity contribution in [1.82, 2.24) is 5.32 Å². The standard InChI is InChI=1S/C18H29NO2/c1-15(2)12-19-13-18(16-8-4-3-5-9-16)21-14-17-10-6-7-11-20-17/h3-5,8-9,15,17-19H,6-7,10-14H2,1-2H3. The van der Waals surface area contributed by atoms with Crippen LogP contribution in [-0.2, 0) is 9.47 Å². The van der Waals surface area contributed by atoms with E-state index in [0.29, 0.717) is 12.5 Å². The molecule has 0 radical (unpaired) electrons. The monoisotopic (exact) mass is 291 g/mol. The predicted molar refractivity (Wildman–Crippen MR) is 86.4 cm³/mol. The maximum Gasteiger partial charge on any atom is 0.0950 e. The van der Waals surface area contributed by atoms with Gasteiger partial charge in [-0.15, -0.1) is 0 Å². The minimum absolute atomic E-state index is 0.107. The molecule has 2 atom stereocenters. The van der Waals surface area contributed by atoms with Gasteiger partial charge in [-0.3, -0.25) is 0 Å². The molecule has 1 saturated heterocycles. The van der Waals surface area contributed by atoms with E-state index in [9.17, 15) is 0 Å². The lowest BCUT2D eigenvalue weighted by molar-refractivity contribution is -0.0634. The first kappa shape index (κ1) is 16.5. The Labute approximate surface area is 129 Å². The van der Waals surface area contributed by atoms with Gasteiger partial charge in [0.25, 0.3) is 0 Å². The molecule has 2 unspecified atom stereocenters. The van der Waals surface area contributed by atoms with E-state index >= 15 is 0 Å². The average molecular weight is 291 g/mol. The van der Waals surface area contributed by atoms with Gasteiger partial charge in [0.15, 0.2) is 0 Å². The number of rotatable bonds is 8. The van der Waals surface area contributed by atoms with E-state index in [1.54, 1.807) is 0 Å². The molecule has 1 N–H and O–H groups in total. The molecule has 1 aromatic carbocycles. The Hall–Kier alpha value is -0.900. The van der Waals surface area contributed by atoms with E-state index in [-0.39, 0.29) is 12.2 Å². The summed E-state index contributed by atoms with van der Waals surface area (Å²) in [5.41, 5.74) is 1.24. The highest BCUT2D eigenvalue weighted by Crippen LogP contribution is 2.20. The van der Waals surface area contributed by atoms with E-state index in [1.165, 1.54) is 18.4 Å². The lowest BCUT2D eigenvalue weighted by Crippen LogP contribution is -2.30. The molecule has 1 heterocycles. The second-order valence-electron chi connectivity index (χ2n) is 6.27. The molecule has 3 nitrogen and oxygen atoms in total. The topological polar surface area (TPSA) is 30.5 Å². The van der Waals surface area contributed by atoms with Crippen LogP contribution in [0.4, 0.5) is 0 Å². The lowest BCUT2D eigenvalue weighted by Gasteiger charge is -2.26. The van der Waals surface area contributed by atoms with Crippen LogP contribution in [0.15, 0.2) is 30.3 Å². The summed E-state index contributed by atoms with van der Waals surface area (Å²) in [4.78, 5) is 0. The largest absolute Gasteiger partial charge is 0.376 e. The first-order chi connectivity index (χ1) is 10.3. The molecular formula is C18H29NO2. The Balaban J connectivity index is 1.85. The smallest absolute Gasteiger partial charge is 0.0950 e. The fourth-order valence-corrected chi connectivity index (χ4v) is 2.61. The summed E-state index contributed by atoms with van der Waals surface area (Å²) in [5, 5.41) is 3.51. The van der Waals surface area contributed by atoms with Crippen LogP contribution < -0.4 is 5.32 Å². The summed E-state index contributed by atoms with van der Waals surface area (Å²) < 4.78 is 11.9. The van der Waals surface area contributed by atoms with Crippen LogP contribution >= 0.6 is 0 Å². The van der Waals surface area contributed by atoms with Crippen LogP contribution in [0.1, 0.15) is 44.8 Å². The third-order valence-corrected chi connectivity index (χ3v) is 3.81. The zero-order valence-corrected chi connectivity index (χ0v) is 13.4. The quantitative estimate of drug-likeness (QED) is 0.794. The Kier molecular flexibility index (Phi) is 7.20. The van der Waals surface area contributed by atoms with Crippen molar-refractivity contribution >= 4 is 0 Å². The van der Waals surface area contributed by atoms with Gasteiger partial charge in [-0.25, -0.2) is 0 Å². The van der Waals surface area contributed by atoms with Crippen molar-refractivity contribution in [3.63, 3.8) is 0 Å². The van der Waals surface area contributed by atoms with Crippen molar-refractivity contribution in [2.45, 2.75) is 45.3 Å². The van der Waals surface area contributed by atoms with E-state index in [0.717, 1.165) is 26.1 Å². The Morgan fingerprint density at radius 1 is 1.19 bits per heavy atom. The molecule has 1 aliphatic rings. The van der Waals surface area contributed by atoms with Crippen LogP contribution in [0.25, 0.3) is 0 Å². The minimum atomic E-state index is 0.107. The highest BCUT2D eigenvalue weighted by molar-refractivity contribution is 5.17. The lowest BCUT2D eigenvalue weighted by atomic mass is 10.1. The molecule has 0 aliphatic carbocycles. The first-order valence-electron chi connectivity index (χ1n) is 8.24. The number of ether oxygens (including phenoxy) is 2. The van der Waals surface area contributed by atoms with Crippen LogP contribution in [-0.4, -0.2) is 32.4 Å². The summed E-state index contributed by atoms with van der Waals surface area (Å²) in [6, 6.07) is 10.5. The zero-order valence-electron chi connectivity index (χ0n) is 13.4. The second kappa shape index (κ2) is 9.19. The maximum absolute atomic E-state index is 6.16. The summed E-state index contributed by atoms with van der Waals surface area (Å²) in [6.45, 7) is 7.91. The number of benzene rings is 1. The molecule has 0 saturated carbocycles. The van der Waals surface area contributed by atoms with Crippen molar-refractivity contribution < 1.29 is 9.47 Å². The number of nitrogens with one attached hydrogen (secondary N) is 1. The zero-order chi connectivity index (χ0) is 14.9. The molecule has 118 valence electrons. The molecule has 0 aromatic heterocycles. The predicted octanol–water partition coefficient (Wildman–Crippen LogP) is 3.56. The fourth-order valence-electron chi connectivity index (χ4n) is 2.61. The average Bonchev–Trinajstić information content (AvgIpc) is 2.52. The van der Waals surface area contributed by atoms with Gasteiger partial charge in [-0.2, -0.15) is 0 Å². The highest BCUT2D eigenvalue weighted by Gasteiger charge is 2.18. The first-order valence-corrected chi connectivity index (χ1v) is 8.24. The fraction of sp³-hybridized carbons (Fsp3) is 0.667. The molecule has 1 aliphatic heterocycles. The molecule has 1 fully saturated rings. The van der Waals surface area contributed by atoms with E-state index in [1.807, 2.05) is 6.07 Å². The normalized spacial score (nSPS) is 20.6. The van der Waals surface area contributed by atoms with Crippen LogP contribution in [0.2, 0.25) is 0 Å². The van der Waals surface area contributed by atoms with Crippen LogP contribution in [0, 0.1) is 5.92 Å².